The molecule has 140 valence electrons. The van der Waals surface area contributed by atoms with Crippen LogP contribution in [0.15, 0.2) is 12.1 Å². The molecule has 2 aliphatic rings. The molecule has 0 aromatic heterocycles. The van der Waals surface area contributed by atoms with E-state index < -0.39 is 0 Å². The number of aliphatic hydroxyl groups excluding tert-OH is 1. The molecule has 3 nitrogen and oxygen atoms in total. The first-order valence-electron chi connectivity index (χ1n) is 9.95. The summed E-state index contributed by atoms with van der Waals surface area (Å²) in [5.41, 5.74) is 1.85. The Morgan fingerprint density at radius 2 is 1.96 bits per heavy atom. The van der Waals surface area contributed by atoms with E-state index in [2.05, 4.69) is 33.8 Å². The summed E-state index contributed by atoms with van der Waals surface area (Å²) in [4.78, 5) is 0. The zero-order valence-electron chi connectivity index (χ0n) is 16.3. The molecule has 0 saturated heterocycles. The lowest BCUT2D eigenvalue weighted by Crippen LogP contribution is -2.49. The van der Waals surface area contributed by atoms with Crippen LogP contribution in [-0.2, 0) is 6.42 Å². The molecule has 3 heteroatoms. The number of hydrogen-bond acceptors (Lipinski definition) is 3. The molecule has 3 atom stereocenters. The number of unbranched alkanes of at least 4 members (excludes halogenated alkanes) is 2. The first-order chi connectivity index (χ1) is 11.8. The Morgan fingerprint density at radius 1 is 1.20 bits per heavy atom. The van der Waals surface area contributed by atoms with Gasteiger partial charge in [0.25, 0.3) is 0 Å². The van der Waals surface area contributed by atoms with Crippen LogP contribution in [0.2, 0.25) is 0 Å². The summed E-state index contributed by atoms with van der Waals surface area (Å²) in [7, 11) is 0. The van der Waals surface area contributed by atoms with Crippen molar-refractivity contribution >= 4 is 0 Å². The predicted molar refractivity (Wildman–Crippen MR) is 101 cm³/mol. The summed E-state index contributed by atoms with van der Waals surface area (Å²) in [5, 5.41) is 20.7. The van der Waals surface area contributed by atoms with Crippen molar-refractivity contribution in [2.75, 3.05) is 6.61 Å². The molecule has 1 heterocycles. The molecule has 0 bridgehead atoms. The molecule has 3 rings (SSSR count). The van der Waals surface area contributed by atoms with E-state index in [1.807, 2.05) is 6.07 Å². The highest BCUT2D eigenvalue weighted by atomic mass is 16.5. The van der Waals surface area contributed by atoms with Gasteiger partial charge in [0, 0.05) is 18.1 Å². The number of aromatic hydroxyl groups is 1. The lowest BCUT2D eigenvalue weighted by atomic mass is 9.59. The van der Waals surface area contributed by atoms with Gasteiger partial charge in [-0.2, -0.15) is 0 Å². The predicted octanol–water partition coefficient (Wildman–Crippen LogP) is 5.18. The molecule has 1 aromatic rings. The third-order valence-corrected chi connectivity index (χ3v) is 6.52. The fourth-order valence-corrected chi connectivity index (χ4v) is 4.97. The lowest BCUT2D eigenvalue weighted by molar-refractivity contribution is -0.0414. The minimum absolute atomic E-state index is 0.0574. The maximum absolute atomic E-state index is 10.8. The van der Waals surface area contributed by atoms with Crippen LogP contribution in [0.3, 0.4) is 0 Å². The monoisotopic (exact) mass is 346 g/mol. The van der Waals surface area contributed by atoms with E-state index in [0.29, 0.717) is 11.7 Å². The van der Waals surface area contributed by atoms with Gasteiger partial charge >= 0.3 is 0 Å². The molecule has 1 aliphatic heterocycles. The minimum atomic E-state index is -0.233. The van der Waals surface area contributed by atoms with Gasteiger partial charge < -0.3 is 14.9 Å². The van der Waals surface area contributed by atoms with Crippen molar-refractivity contribution in [1.82, 2.24) is 0 Å². The summed E-state index contributed by atoms with van der Waals surface area (Å²) in [6, 6.07) is 4.09. The fourth-order valence-electron chi connectivity index (χ4n) is 4.97. The lowest BCUT2D eigenvalue weighted by Gasteiger charge is -2.51. The third-order valence-electron chi connectivity index (χ3n) is 6.52. The van der Waals surface area contributed by atoms with E-state index in [9.17, 15) is 10.2 Å². The highest BCUT2D eigenvalue weighted by molar-refractivity contribution is 5.52. The van der Waals surface area contributed by atoms with Crippen LogP contribution >= 0.6 is 0 Å². The molecule has 1 fully saturated rings. The maximum Gasteiger partial charge on any atom is 0.127 e. The van der Waals surface area contributed by atoms with E-state index in [-0.39, 0.29) is 23.5 Å². The Hall–Kier alpha value is -1.22. The van der Waals surface area contributed by atoms with E-state index in [4.69, 9.17) is 4.74 Å². The quantitative estimate of drug-likeness (QED) is 0.722. The number of rotatable bonds is 5. The van der Waals surface area contributed by atoms with Crippen molar-refractivity contribution in [3.8, 4) is 11.5 Å². The normalized spacial score (nSPS) is 30.3. The molecule has 0 unspecified atom stereocenters. The minimum Gasteiger partial charge on any atom is -0.508 e. The standard InChI is InChI=1S/C22H34O3/c1-5-6-7-8-15-11-18(24)20-16-13-22(4,14-23)10-9-17(16)21(2,3)25-19(20)12-15/h11-12,16-17,23-24H,5-10,13-14H2,1-4H3/t16-,17-,22+/m1/s1. The summed E-state index contributed by atoms with van der Waals surface area (Å²) in [5.74, 6) is 1.89. The van der Waals surface area contributed by atoms with Gasteiger partial charge in [0.2, 0.25) is 0 Å². The molecule has 2 N–H and O–H groups in total. The van der Waals surface area contributed by atoms with Crippen molar-refractivity contribution in [3.05, 3.63) is 23.3 Å². The van der Waals surface area contributed by atoms with Gasteiger partial charge in [0.15, 0.2) is 0 Å². The van der Waals surface area contributed by atoms with Crippen molar-refractivity contribution in [3.63, 3.8) is 0 Å². The van der Waals surface area contributed by atoms with E-state index in [0.717, 1.165) is 43.4 Å². The number of aliphatic hydroxyl groups is 1. The molecule has 0 amide bonds. The summed E-state index contributed by atoms with van der Waals surface area (Å²) in [6.07, 6.45) is 7.51. The van der Waals surface area contributed by atoms with Crippen LogP contribution in [0.5, 0.6) is 11.5 Å². The van der Waals surface area contributed by atoms with Crippen LogP contribution in [0.4, 0.5) is 0 Å². The van der Waals surface area contributed by atoms with Gasteiger partial charge in [-0.05, 0) is 75.0 Å². The second-order valence-electron chi connectivity index (χ2n) is 9.11. The van der Waals surface area contributed by atoms with Crippen molar-refractivity contribution < 1.29 is 14.9 Å². The third kappa shape index (κ3) is 3.53. The van der Waals surface area contributed by atoms with Gasteiger partial charge in [-0.1, -0.05) is 26.7 Å². The second kappa shape index (κ2) is 6.83. The van der Waals surface area contributed by atoms with Crippen LogP contribution in [-0.4, -0.2) is 22.4 Å². The Labute approximate surface area is 152 Å². The van der Waals surface area contributed by atoms with Gasteiger partial charge in [-0.15, -0.1) is 0 Å². The average Bonchev–Trinajstić information content (AvgIpc) is 2.53. The van der Waals surface area contributed by atoms with Gasteiger partial charge in [0.1, 0.15) is 17.1 Å². The van der Waals surface area contributed by atoms with E-state index >= 15 is 0 Å². The molecule has 0 spiro atoms. The van der Waals surface area contributed by atoms with Crippen molar-refractivity contribution in [2.24, 2.45) is 11.3 Å². The Bertz CT molecular complexity index is 622. The average molecular weight is 347 g/mol. The van der Waals surface area contributed by atoms with Crippen molar-refractivity contribution in [2.45, 2.75) is 84.2 Å². The molecule has 25 heavy (non-hydrogen) atoms. The number of phenols is 1. The summed E-state index contributed by atoms with van der Waals surface area (Å²) in [6.45, 7) is 8.94. The van der Waals surface area contributed by atoms with E-state index in [1.165, 1.54) is 18.4 Å². The molecule has 1 aromatic carbocycles. The van der Waals surface area contributed by atoms with Crippen LogP contribution in [0.25, 0.3) is 0 Å². The van der Waals surface area contributed by atoms with Gasteiger partial charge in [0.05, 0.1) is 0 Å². The summed E-state index contributed by atoms with van der Waals surface area (Å²) >= 11 is 0. The molecular formula is C22H34O3. The highest BCUT2D eigenvalue weighted by Crippen LogP contribution is 2.58. The van der Waals surface area contributed by atoms with E-state index in [1.54, 1.807) is 0 Å². The molecule has 1 saturated carbocycles. The smallest absolute Gasteiger partial charge is 0.127 e. The van der Waals surface area contributed by atoms with Crippen LogP contribution in [0, 0.1) is 11.3 Å². The first kappa shape index (κ1) is 18.6. The SMILES string of the molecule is CCCCCc1cc(O)c2c(c1)OC(C)(C)[C@@H]1CC[C@](C)(CO)C[C@@H]21. The first-order valence-corrected chi connectivity index (χ1v) is 9.95. The maximum atomic E-state index is 10.8. The molecular weight excluding hydrogens is 312 g/mol. The highest BCUT2D eigenvalue weighted by Gasteiger charge is 2.50. The number of benzene rings is 1. The molecule has 0 radical (unpaired) electrons. The molecule has 1 aliphatic carbocycles. The number of hydrogen-bond donors (Lipinski definition) is 2. The van der Waals surface area contributed by atoms with Crippen molar-refractivity contribution in [1.29, 1.82) is 0 Å². The number of ether oxygens (including phenoxy) is 1. The number of phenolic OH excluding ortho intramolecular Hbond substituents is 1. The Kier molecular flexibility index (Phi) is 5.07. The van der Waals surface area contributed by atoms with Gasteiger partial charge in [-0.3, -0.25) is 0 Å². The number of fused-ring (bicyclic) bond motifs is 3. The van der Waals surface area contributed by atoms with Crippen LogP contribution < -0.4 is 4.74 Å². The largest absolute Gasteiger partial charge is 0.508 e. The summed E-state index contributed by atoms with van der Waals surface area (Å²) < 4.78 is 6.40. The van der Waals surface area contributed by atoms with Crippen LogP contribution in [0.1, 0.15) is 83.3 Å². The van der Waals surface area contributed by atoms with Gasteiger partial charge in [-0.25, -0.2) is 0 Å². The zero-order chi connectivity index (χ0) is 18.2. The second-order valence-corrected chi connectivity index (χ2v) is 9.11. The number of aryl methyl sites for hydroxylation is 1. The fraction of sp³-hybridized carbons (Fsp3) is 0.727. The Balaban J connectivity index is 1.96. The zero-order valence-corrected chi connectivity index (χ0v) is 16.3. The topological polar surface area (TPSA) is 49.7 Å². The Morgan fingerprint density at radius 3 is 2.64 bits per heavy atom.